The molecule has 0 fully saturated rings. The Bertz CT molecular complexity index is 567. The van der Waals surface area contributed by atoms with Crippen LogP contribution in [0.2, 0.25) is 0 Å². The average Bonchev–Trinajstić information content (AvgIpc) is 2.37. The van der Waals surface area contributed by atoms with Crippen molar-refractivity contribution in [3.63, 3.8) is 0 Å². The molecule has 0 unspecified atom stereocenters. The first kappa shape index (κ1) is 12.1. The molecule has 2 N–H and O–H groups in total. The van der Waals surface area contributed by atoms with Gasteiger partial charge >= 0.3 is 5.97 Å². The van der Waals surface area contributed by atoms with Gasteiger partial charge in [-0.05, 0) is 24.6 Å². The Morgan fingerprint density at radius 1 is 1.33 bits per heavy atom. The number of aryl methyl sites for hydroxylation is 1. The molecule has 0 bridgehead atoms. The summed E-state index contributed by atoms with van der Waals surface area (Å²) in [5, 5.41) is 12.1. The van der Waals surface area contributed by atoms with Crippen LogP contribution < -0.4 is 5.32 Å². The minimum Gasteiger partial charge on any atom is -0.478 e. The third kappa shape index (κ3) is 2.85. The number of aromatic nitrogens is 1. The van der Waals surface area contributed by atoms with Crippen LogP contribution in [0.3, 0.4) is 0 Å². The molecule has 0 amide bonds. The molecule has 0 aliphatic rings. The van der Waals surface area contributed by atoms with Crippen LogP contribution in [-0.2, 0) is 6.54 Å². The van der Waals surface area contributed by atoms with E-state index in [1.165, 1.54) is 11.6 Å². The normalized spacial score (nSPS) is 10.1. The van der Waals surface area contributed by atoms with Crippen molar-refractivity contribution in [3.8, 4) is 0 Å². The number of nitrogens with zero attached hydrogens (tertiary/aromatic N) is 1. The summed E-state index contributed by atoms with van der Waals surface area (Å²) < 4.78 is 0. The van der Waals surface area contributed by atoms with Gasteiger partial charge in [0, 0.05) is 12.7 Å². The van der Waals surface area contributed by atoms with E-state index in [1.54, 1.807) is 12.3 Å². The minimum atomic E-state index is -0.977. The summed E-state index contributed by atoms with van der Waals surface area (Å²) in [5.41, 5.74) is 2.45. The summed E-state index contributed by atoms with van der Waals surface area (Å²) in [7, 11) is 0. The van der Waals surface area contributed by atoms with Crippen molar-refractivity contribution in [2.45, 2.75) is 13.5 Å². The number of hydrogen-bond donors (Lipinski definition) is 2. The van der Waals surface area contributed by atoms with Gasteiger partial charge in [0.05, 0.1) is 0 Å². The van der Waals surface area contributed by atoms with Gasteiger partial charge in [0.1, 0.15) is 11.4 Å². The van der Waals surface area contributed by atoms with Gasteiger partial charge in [-0.3, -0.25) is 0 Å². The van der Waals surface area contributed by atoms with E-state index in [1.807, 2.05) is 25.1 Å². The number of nitrogens with one attached hydrogen (secondary N) is 1. The highest BCUT2D eigenvalue weighted by Gasteiger charge is 2.09. The van der Waals surface area contributed by atoms with E-state index in [0.717, 1.165) is 5.56 Å². The van der Waals surface area contributed by atoms with Crippen LogP contribution in [0.1, 0.15) is 21.5 Å². The van der Waals surface area contributed by atoms with Crippen molar-refractivity contribution in [1.82, 2.24) is 4.98 Å². The van der Waals surface area contributed by atoms with Gasteiger partial charge in [-0.15, -0.1) is 0 Å². The fraction of sp³-hybridized carbons (Fsp3) is 0.143. The van der Waals surface area contributed by atoms with Gasteiger partial charge in [-0.1, -0.05) is 29.8 Å². The molecule has 0 atom stereocenters. The second kappa shape index (κ2) is 5.31. The van der Waals surface area contributed by atoms with E-state index in [9.17, 15) is 4.79 Å². The zero-order valence-electron chi connectivity index (χ0n) is 10.1. The topological polar surface area (TPSA) is 62.2 Å². The fourth-order valence-corrected chi connectivity index (χ4v) is 1.73. The molecule has 0 saturated heterocycles. The molecular weight excluding hydrogens is 228 g/mol. The molecule has 2 aromatic rings. The highest BCUT2D eigenvalue weighted by atomic mass is 16.4. The lowest BCUT2D eigenvalue weighted by Gasteiger charge is -2.08. The lowest BCUT2D eigenvalue weighted by Crippen LogP contribution is -2.08. The number of hydrogen-bond acceptors (Lipinski definition) is 3. The Kier molecular flexibility index (Phi) is 3.57. The van der Waals surface area contributed by atoms with Crippen molar-refractivity contribution in [2.75, 3.05) is 5.32 Å². The molecule has 0 spiro atoms. The van der Waals surface area contributed by atoms with Gasteiger partial charge in [-0.25, -0.2) is 9.78 Å². The van der Waals surface area contributed by atoms with Gasteiger partial charge < -0.3 is 10.4 Å². The van der Waals surface area contributed by atoms with E-state index in [4.69, 9.17) is 5.11 Å². The third-order valence-corrected chi connectivity index (χ3v) is 2.58. The first-order chi connectivity index (χ1) is 8.66. The number of anilines is 1. The number of benzene rings is 1. The summed E-state index contributed by atoms with van der Waals surface area (Å²) in [5.74, 6) is -0.582. The Hall–Kier alpha value is -2.36. The lowest BCUT2D eigenvalue weighted by atomic mass is 10.1. The standard InChI is InChI=1S/C14H14N2O2/c1-10-4-2-5-11(8-10)9-16-13-12(14(17)18)6-3-7-15-13/h2-8H,9H2,1H3,(H,15,16)(H,17,18). The Labute approximate surface area is 105 Å². The number of rotatable bonds is 4. The van der Waals surface area contributed by atoms with Crippen LogP contribution in [0, 0.1) is 6.92 Å². The van der Waals surface area contributed by atoms with Crippen molar-refractivity contribution in [3.05, 3.63) is 59.3 Å². The van der Waals surface area contributed by atoms with Crippen LogP contribution in [0.25, 0.3) is 0 Å². The number of aromatic carboxylic acids is 1. The average molecular weight is 242 g/mol. The molecule has 0 saturated carbocycles. The maximum absolute atomic E-state index is 11.0. The van der Waals surface area contributed by atoms with E-state index >= 15 is 0 Å². The van der Waals surface area contributed by atoms with Crippen LogP contribution in [-0.4, -0.2) is 16.1 Å². The molecular formula is C14H14N2O2. The molecule has 4 nitrogen and oxygen atoms in total. The van der Waals surface area contributed by atoms with Crippen LogP contribution in [0.15, 0.2) is 42.6 Å². The second-order valence-electron chi connectivity index (χ2n) is 4.05. The van der Waals surface area contributed by atoms with Crippen LogP contribution >= 0.6 is 0 Å². The maximum atomic E-state index is 11.0. The van der Waals surface area contributed by atoms with Gasteiger partial charge in [-0.2, -0.15) is 0 Å². The zero-order valence-corrected chi connectivity index (χ0v) is 10.1. The Morgan fingerprint density at radius 2 is 2.17 bits per heavy atom. The smallest absolute Gasteiger partial charge is 0.339 e. The molecule has 0 aliphatic heterocycles. The highest BCUT2D eigenvalue weighted by molar-refractivity contribution is 5.92. The monoisotopic (exact) mass is 242 g/mol. The number of carboxylic acids is 1. The highest BCUT2D eigenvalue weighted by Crippen LogP contribution is 2.13. The molecule has 92 valence electrons. The first-order valence-electron chi connectivity index (χ1n) is 5.64. The van der Waals surface area contributed by atoms with Crippen LogP contribution in [0.4, 0.5) is 5.82 Å². The Morgan fingerprint density at radius 3 is 2.89 bits per heavy atom. The second-order valence-corrected chi connectivity index (χ2v) is 4.05. The molecule has 0 radical (unpaired) electrons. The molecule has 1 aromatic carbocycles. The summed E-state index contributed by atoms with van der Waals surface area (Å²) >= 11 is 0. The molecule has 1 aromatic heterocycles. The van der Waals surface area contributed by atoms with Gasteiger partial charge in [0.2, 0.25) is 0 Å². The predicted molar refractivity (Wildman–Crippen MR) is 69.7 cm³/mol. The number of carbonyl (C=O) groups is 1. The summed E-state index contributed by atoms with van der Waals surface area (Å²) in [6.45, 7) is 2.58. The van der Waals surface area contributed by atoms with Crippen molar-refractivity contribution in [2.24, 2.45) is 0 Å². The molecule has 0 aliphatic carbocycles. The largest absolute Gasteiger partial charge is 0.478 e. The molecule has 1 heterocycles. The summed E-state index contributed by atoms with van der Waals surface area (Å²) in [4.78, 5) is 15.1. The van der Waals surface area contributed by atoms with E-state index in [0.29, 0.717) is 12.4 Å². The number of pyridine rings is 1. The van der Waals surface area contributed by atoms with Gasteiger partial charge in [0.25, 0.3) is 0 Å². The number of carboxylic acid groups (broad SMARTS) is 1. The summed E-state index contributed by atoms with van der Waals surface area (Å²) in [6.07, 6.45) is 1.57. The SMILES string of the molecule is Cc1cccc(CNc2ncccc2C(=O)O)c1. The fourth-order valence-electron chi connectivity index (χ4n) is 1.73. The minimum absolute atomic E-state index is 0.185. The predicted octanol–water partition coefficient (Wildman–Crippen LogP) is 2.70. The van der Waals surface area contributed by atoms with E-state index < -0.39 is 5.97 Å². The third-order valence-electron chi connectivity index (χ3n) is 2.58. The zero-order chi connectivity index (χ0) is 13.0. The summed E-state index contributed by atoms with van der Waals surface area (Å²) in [6, 6.07) is 11.2. The quantitative estimate of drug-likeness (QED) is 0.865. The Balaban J connectivity index is 2.13. The van der Waals surface area contributed by atoms with Gasteiger partial charge in [0.15, 0.2) is 0 Å². The van der Waals surface area contributed by atoms with Crippen molar-refractivity contribution >= 4 is 11.8 Å². The van der Waals surface area contributed by atoms with Crippen molar-refractivity contribution in [1.29, 1.82) is 0 Å². The van der Waals surface area contributed by atoms with E-state index in [-0.39, 0.29) is 5.56 Å². The molecule has 4 heteroatoms. The van der Waals surface area contributed by atoms with E-state index in [2.05, 4.69) is 16.4 Å². The maximum Gasteiger partial charge on any atom is 0.339 e. The van der Waals surface area contributed by atoms with Crippen molar-refractivity contribution < 1.29 is 9.90 Å². The first-order valence-corrected chi connectivity index (χ1v) is 5.64. The molecule has 2 rings (SSSR count). The molecule has 18 heavy (non-hydrogen) atoms. The lowest BCUT2D eigenvalue weighted by molar-refractivity contribution is 0.0697. The van der Waals surface area contributed by atoms with Crippen LogP contribution in [0.5, 0.6) is 0 Å².